The monoisotopic (exact) mass is 235 g/mol. The van der Waals surface area contributed by atoms with Crippen LogP contribution in [0, 0.1) is 0 Å². The number of nitrogens with two attached hydrogens (primary N) is 1. The van der Waals surface area contributed by atoms with Crippen molar-refractivity contribution < 1.29 is 0 Å². The van der Waals surface area contributed by atoms with Gasteiger partial charge in [0.1, 0.15) is 0 Å². The van der Waals surface area contributed by atoms with Crippen LogP contribution in [0.3, 0.4) is 0 Å². The standard InChI is InChI=1S/C12H14ClN3/c13-10-4-1-3-9(7-10)11-8-15-16-12(11)5-2-6-14/h1,3-4,7-8H,2,5-6,14H2,(H,15,16). The van der Waals surface area contributed by atoms with Gasteiger partial charge in [-0.05, 0) is 37.1 Å². The Balaban J connectivity index is 2.29. The number of halogens is 1. The smallest absolute Gasteiger partial charge is 0.0568 e. The van der Waals surface area contributed by atoms with Gasteiger partial charge in [-0.15, -0.1) is 0 Å². The number of aromatic nitrogens is 2. The van der Waals surface area contributed by atoms with E-state index in [1.165, 1.54) is 0 Å². The number of aromatic amines is 1. The van der Waals surface area contributed by atoms with Gasteiger partial charge in [-0.25, -0.2) is 0 Å². The molecule has 0 aliphatic carbocycles. The topological polar surface area (TPSA) is 54.7 Å². The van der Waals surface area contributed by atoms with Crippen LogP contribution < -0.4 is 5.73 Å². The van der Waals surface area contributed by atoms with Crippen molar-refractivity contribution >= 4 is 11.6 Å². The van der Waals surface area contributed by atoms with Gasteiger partial charge in [0.25, 0.3) is 0 Å². The van der Waals surface area contributed by atoms with E-state index in [9.17, 15) is 0 Å². The lowest BCUT2D eigenvalue weighted by atomic mass is 10.0. The summed E-state index contributed by atoms with van der Waals surface area (Å²) in [5, 5.41) is 7.82. The van der Waals surface area contributed by atoms with E-state index in [2.05, 4.69) is 10.2 Å². The summed E-state index contributed by atoms with van der Waals surface area (Å²) in [6, 6.07) is 7.78. The molecular weight excluding hydrogens is 222 g/mol. The minimum atomic E-state index is 0.688. The van der Waals surface area contributed by atoms with E-state index in [1.807, 2.05) is 30.5 Å². The van der Waals surface area contributed by atoms with E-state index >= 15 is 0 Å². The van der Waals surface area contributed by atoms with Crippen molar-refractivity contribution in [2.75, 3.05) is 6.54 Å². The number of aryl methyl sites for hydroxylation is 1. The highest BCUT2D eigenvalue weighted by molar-refractivity contribution is 6.30. The Morgan fingerprint density at radius 1 is 1.38 bits per heavy atom. The molecule has 0 fully saturated rings. The lowest BCUT2D eigenvalue weighted by molar-refractivity contribution is 0.805. The maximum absolute atomic E-state index is 5.97. The normalized spacial score (nSPS) is 10.6. The second-order valence-electron chi connectivity index (χ2n) is 3.66. The van der Waals surface area contributed by atoms with Crippen LogP contribution in [0.4, 0.5) is 0 Å². The summed E-state index contributed by atoms with van der Waals surface area (Å²) in [6.45, 7) is 0.688. The molecule has 0 saturated heterocycles. The zero-order chi connectivity index (χ0) is 11.4. The van der Waals surface area contributed by atoms with Crippen LogP contribution in [0.15, 0.2) is 30.5 Å². The van der Waals surface area contributed by atoms with Gasteiger partial charge in [0.05, 0.1) is 6.20 Å². The average molecular weight is 236 g/mol. The number of benzene rings is 1. The fourth-order valence-corrected chi connectivity index (χ4v) is 1.88. The Bertz CT molecular complexity index is 465. The summed E-state index contributed by atoms with van der Waals surface area (Å²) in [5.74, 6) is 0. The number of nitrogens with one attached hydrogen (secondary N) is 1. The Morgan fingerprint density at radius 3 is 3.00 bits per heavy atom. The van der Waals surface area contributed by atoms with E-state index in [-0.39, 0.29) is 0 Å². The lowest BCUT2D eigenvalue weighted by Gasteiger charge is -2.03. The molecule has 0 amide bonds. The molecule has 1 heterocycles. The number of H-pyrrole nitrogens is 1. The van der Waals surface area contributed by atoms with Gasteiger partial charge >= 0.3 is 0 Å². The predicted molar refractivity (Wildman–Crippen MR) is 66.4 cm³/mol. The summed E-state index contributed by atoms with van der Waals surface area (Å²) in [5.41, 5.74) is 8.82. The average Bonchev–Trinajstić information content (AvgIpc) is 2.74. The summed E-state index contributed by atoms with van der Waals surface area (Å²) in [6.07, 6.45) is 3.70. The molecule has 2 aromatic rings. The van der Waals surface area contributed by atoms with E-state index in [0.717, 1.165) is 34.7 Å². The van der Waals surface area contributed by atoms with Gasteiger partial charge in [0.15, 0.2) is 0 Å². The fourth-order valence-electron chi connectivity index (χ4n) is 1.69. The van der Waals surface area contributed by atoms with Gasteiger partial charge in [-0.2, -0.15) is 5.10 Å². The van der Waals surface area contributed by atoms with Crippen LogP contribution in [-0.4, -0.2) is 16.7 Å². The van der Waals surface area contributed by atoms with Gasteiger partial charge in [-0.1, -0.05) is 23.7 Å². The van der Waals surface area contributed by atoms with E-state index in [4.69, 9.17) is 17.3 Å². The maximum atomic E-state index is 5.97. The molecule has 0 atom stereocenters. The highest BCUT2D eigenvalue weighted by Gasteiger charge is 2.07. The minimum absolute atomic E-state index is 0.688. The summed E-state index contributed by atoms with van der Waals surface area (Å²) < 4.78 is 0. The molecule has 0 radical (unpaired) electrons. The van der Waals surface area contributed by atoms with Crippen LogP contribution in [0.2, 0.25) is 5.02 Å². The van der Waals surface area contributed by atoms with Crippen LogP contribution >= 0.6 is 11.6 Å². The second-order valence-corrected chi connectivity index (χ2v) is 4.10. The molecule has 4 heteroatoms. The SMILES string of the molecule is NCCCc1[nH]ncc1-c1cccc(Cl)c1. The van der Waals surface area contributed by atoms with Crippen molar-refractivity contribution in [3.8, 4) is 11.1 Å². The molecule has 3 N–H and O–H groups in total. The van der Waals surface area contributed by atoms with Crippen LogP contribution in [0.1, 0.15) is 12.1 Å². The first-order valence-corrected chi connectivity index (χ1v) is 5.67. The Morgan fingerprint density at radius 2 is 2.25 bits per heavy atom. The number of nitrogens with zero attached hydrogens (tertiary/aromatic N) is 1. The second kappa shape index (κ2) is 5.14. The first kappa shape index (κ1) is 11.2. The molecular formula is C12H14ClN3. The molecule has 0 bridgehead atoms. The van der Waals surface area contributed by atoms with Crippen LogP contribution in [-0.2, 0) is 6.42 Å². The fraction of sp³-hybridized carbons (Fsp3) is 0.250. The third-order valence-corrected chi connectivity index (χ3v) is 2.72. The molecule has 2 rings (SSSR count). The zero-order valence-electron chi connectivity index (χ0n) is 8.91. The zero-order valence-corrected chi connectivity index (χ0v) is 9.67. The number of hydrogen-bond donors (Lipinski definition) is 2. The van der Waals surface area contributed by atoms with Crippen LogP contribution in [0.25, 0.3) is 11.1 Å². The first-order chi connectivity index (χ1) is 7.81. The van der Waals surface area contributed by atoms with Crippen molar-refractivity contribution in [3.63, 3.8) is 0 Å². The Labute approximate surface area is 99.6 Å². The summed E-state index contributed by atoms with van der Waals surface area (Å²) in [7, 11) is 0. The molecule has 0 unspecified atom stereocenters. The van der Waals surface area contributed by atoms with E-state index in [1.54, 1.807) is 0 Å². The largest absolute Gasteiger partial charge is 0.330 e. The molecule has 84 valence electrons. The molecule has 0 aliphatic rings. The first-order valence-electron chi connectivity index (χ1n) is 5.29. The van der Waals surface area contributed by atoms with Crippen molar-refractivity contribution in [1.82, 2.24) is 10.2 Å². The van der Waals surface area contributed by atoms with Crippen molar-refractivity contribution in [3.05, 3.63) is 41.2 Å². The van der Waals surface area contributed by atoms with Crippen molar-refractivity contribution in [2.24, 2.45) is 5.73 Å². The summed E-state index contributed by atoms with van der Waals surface area (Å²) >= 11 is 5.97. The van der Waals surface area contributed by atoms with Crippen molar-refractivity contribution in [2.45, 2.75) is 12.8 Å². The quantitative estimate of drug-likeness (QED) is 0.856. The molecule has 1 aromatic heterocycles. The van der Waals surface area contributed by atoms with Crippen molar-refractivity contribution in [1.29, 1.82) is 0 Å². The molecule has 1 aromatic carbocycles. The maximum Gasteiger partial charge on any atom is 0.0568 e. The number of hydrogen-bond acceptors (Lipinski definition) is 2. The van der Waals surface area contributed by atoms with Gasteiger partial charge in [0, 0.05) is 16.3 Å². The lowest BCUT2D eigenvalue weighted by Crippen LogP contribution is -2.01. The van der Waals surface area contributed by atoms with E-state index in [0.29, 0.717) is 6.54 Å². The van der Waals surface area contributed by atoms with E-state index < -0.39 is 0 Å². The highest BCUT2D eigenvalue weighted by atomic mass is 35.5. The molecule has 3 nitrogen and oxygen atoms in total. The Kier molecular flexibility index (Phi) is 3.59. The molecule has 0 spiro atoms. The molecule has 0 saturated carbocycles. The minimum Gasteiger partial charge on any atom is -0.330 e. The number of rotatable bonds is 4. The summed E-state index contributed by atoms with van der Waals surface area (Å²) in [4.78, 5) is 0. The predicted octanol–water partition coefficient (Wildman–Crippen LogP) is 2.62. The highest BCUT2D eigenvalue weighted by Crippen LogP contribution is 2.25. The van der Waals surface area contributed by atoms with Crippen LogP contribution in [0.5, 0.6) is 0 Å². The third kappa shape index (κ3) is 2.43. The van der Waals surface area contributed by atoms with Gasteiger partial charge in [-0.3, -0.25) is 5.10 Å². The molecule has 0 aliphatic heterocycles. The third-order valence-electron chi connectivity index (χ3n) is 2.48. The van der Waals surface area contributed by atoms with Gasteiger partial charge in [0.2, 0.25) is 0 Å². The van der Waals surface area contributed by atoms with Gasteiger partial charge < -0.3 is 5.73 Å². The Hall–Kier alpha value is -1.32. The molecule has 16 heavy (non-hydrogen) atoms.